The first-order chi connectivity index (χ1) is 15.0. The molecule has 5 nitrogen and oxygen atoms in total. The number of thioether (sulfide) groups is 1. The minimum atomic E-state index is -0.531. The molecule has 2 aromatic carbocycles. The molecule has 0 bridgehead atoms. The van der Waals surface area contributed by atoms with Crippen LogP contribution in [0.15, 0.2) is 48.5 Å². The van der Waals surface area contributed by atoms with Gasteiger partial charge in [-0.25, -0.2) is 0 Å². The van der Waals surface area contributed by atoms with Crippen molar-refractivity contribution in [3.05, 3.63) is 64.7 Å². The van der Waals surface area contributed by atoms with Gasteiger partial charge >= 0.3 is 0 Å². The van der Waals surface area contributed by atoms with Gasteiger partial charge in [0.1, 0.15) is 11.8 Å². The summed E-state index contributed by atoms with van der Waals surface area (Å²) < 4.78 is 5.18. The highest BCUT2D eigenvalue weighted by atomic mass is 35.5. The molecule has 2 amide bonds. The summed E-state index contributed by atoms with van der Waals surface area (Å²) in [4.78, 5) is 27.6. The van der Waals surface area contributed by atoms with Gasteiger partial charge in [0.05, 0.1) is 12.9 Å². The van der Waals surface area contributed by atoms with Crippen LogP contribution in [-0.2, 0) is 21.9 Å². The number of benzene rings is 2. The van der Waals surface area contributed by atoms with E-state index in [0.717, 1.165) is 23.3 Å². The number of rotatable bonds is 12. The summed E-state index contributed by atoms with van der Waals surface area (Å²) in [5.41, 5.74) is 1.95. The molecule has 31 heavy (non-hydrogen) atoms. The molecule has 0 aliphatic heterocycles. The van der Waals surface area contributed by atoms with Gasteiger partial charge in [-0.05, 0) is 42.2 Å². The van der Waals surface area contributed by atoms with Crippen LogP contribution in [0.4, 0.5) is 0 Å². The van der Waals surface area contributed by atoms with E-state index in [4.69, 9.17) is 16.3 Å². The number of hydrogen-bond donors (Lipinski definition) is 1. The highest BCUT2D eigenvalue weighted by Gasteiger charge is 2.28. The van der Waals surface area contributed by atoms with E-state index in [-0.39, 0.29) is 17.6 Å². The number of carbonyl (C=O) groups is 2. The van der Waals surface area contributed by atoms with Gasteiger partial charge < -0.3 is 15.0 Å². The van der Waals surface area contributed by atoms with Crippen LogP contribution in [-0.4, -0.2) is 42.2 Å². The fourth-order valence-corrected chi connectivity index (χ4v) is 4.22. The molecule has 0 heterocycles. The van der Waals surface area contributed by atoms with Crippen LogP contribution in [0.25, 0.3) is 0 Å². The van der Waals surface area contributed by atoms with Crippen LogP contribution in [0.5, 0.6) is 5.75 Å². The molecular formula is C24H31ClN2O3S. The molecule has 168 valence electrons. The Balaban J connectivity index is 2.10. The number of methoxy groups -OCH3 is 1. The zero-order chi connectivity index (χ0) is 22.6. The zero-order valence-corrected chi connectivity index (χ0v) is 20.0. The highest BCUT2D eigenvalue weighted by molar-refractivity contribution is 7.99. The second-order valence-electron chi connectivity index (χ2n) is 7.17. The minimum Gasteiger partial charge on any atom is -0.497 e. The molecular weight excluding hydrogens is 432 g/mol. The Kier molecular flexibility index (Phi) is 10.7. The fraction of sp³-hybridized carbons (Fsp3) is 0.417. The lowest BCUT2D eigenvalue weighted by Gasteiger charge is -2.31. The average molecular weight is 463 g/mol. The minimum absolute atomic E-state index is 0.0723. The fourth-order valence-electron chi connectivity index (χ4n) is 3.16. The third-order valence-corrected chi connectivity index (χ3v) is 6.24. The first-order valence-corrected chi connectivity index (χ1v) is 12.0. The van der Waals surface area contributed by atoms with Crippen molar-refractivity contribution in [2.45, 2.75) is 45.0 Å². The lowest BCUT2D eigenvalue weighted by Crippen LogP contribution is -2.49. The summed E-state index contributed by atoms with van der Waals surface area (Å²) in [7, 11) is 1.64. The molecule has 0 aliphatic carbocycles. The van der Waals surface area contributed by atoms with Crippen molar-refractivity contribution in [2.24, 2.45) is 0 Å². The van der Waals surface area contributed by atoms with Crippen molar-refractivity contribution < 1.29 is 14.3 Å². The standard InChI is InChI=1S/C24H31ClN2O3S/c1-4-14-26-24(29)22(5-2)27(15-19-8-6-7-9-21(19)25)23(28)17-31-16-18-10-12-20(30-3)13-11-18/h6-13,22H,4-5,14-17H2,1-3H3,(H,26,29)/t22-/m0/s1. The van der Waals surface area contributed by atoms with E-state index in [2.05, 4.69) is 5.32 Å². The molecule has 0 fully saturated rings. The van der Waals surface area contributed by atoms with Crippen LogP contribution in [0.1, 0.15) is 37.8 Å². The van der Waals surface area contributed by atoms with Gasteiger partial charge in [0.2, 0.25) is 11.8 Å². The van der Waals surface area contributed by atoms with Gasteiger partial charge in [0, 0.05) is 23.9 Å². The summed E-state index contributed by atoms with van der Waals surface area (Å²) in [5, 5.41) is 3.52. The van der Waals surface area contributed by atoms with E-state index in [0.29, 0.717) is 30.3 Å². The van der Waals surface area contributed by atoms with Gasteiger partial charge in [0.25, 0.3) is 0 Å². The molecule has 0 aromatic heterocycles. The molecule has 0 radical (unpaired) electrons. The molecule has 0 saturated heterocycles. The number of carbonyl (C=O) groups excluding carboxylic acids is 2. The molecule has 1 atom stereocenters. The summed E-state index contributed by atoms with van der Waals surface area (Å²) in [6.07, 6.45) is 1.38. The Morgan fingerprint density at radius 2 is 1.84 bits per heavy atom. The molecule has 1 N–H and O–H groups in total. The Morgan fingerprint density at radius 1 is 1.13 bits per heavy atom. The summed E-state index contributed by atoms with van der Waals surface area (Å²) in [5.74, 6) is 1.60. The lowest BCUT2D eigenvalue weighted by atomic mass is 10.1. The van der Waals surface area contributed by atoms with E-state index >= 15 is 0 Å². The van der Waals surface area contributed by atoms with E-state index in [9.17, 15) is 9.59 Å². The van der Waals surface area contributed by atoms with Crippen molar-refractivity contribution in [2.75, 3.05) is 19.4 Å². The van der Waals surface area contributed by atoms with Crippen LogP contribution in [0.3, 0.4) is 0 Å². The molecule has 0 saturated carbocycles. The first-order valence-electron chi connectivity index (χ1n) is 10.5. The highest BCUT2D eigenvalue weighted by Crippen LogP contribution is 2.22. The van der Waals surface area contributed by atoms with Crippen molar-refractivity contribution >= 4 is 35.2 Å². The van der Waals surface area contributed by atoms with Gasteiger partial charge in [-0.2, -0.15) is 0 Å². The summed E-state index contributed by atoms with van der Waals surface area (Å²) in [6, 6.07) is 14.7. The van der Waals surface area contributed by atoms with Gasteiger partial charge in [-0.15, -0.1) is 11.8 Å². The number of hydrogen-bond acceptors (Lipinski definition) is 4. The van der Waals surface area contributed by atoms with Crippen molar-refractivity contribution in [3.8, 4) is 5.75 Å². The largest absolute Gasteiger partial charge is 0.497 e. The molecule has 2 rings (SSSR count). The Morgan fingerprint density at radius 3 is 2.45 bits per heavy atom. The summed E-state index contributed by atoms with van der Waals surface area (Å²) >= 11 is 7.87. The Hall–Kier alpha value is -2.18. The van der Waals surface area contributed by atoms with E-state index in [1.54, 1.807) is 18.1 Å². The molecule has 2 aromatic rings. The lowest BCUT2D eigenvalue weighted by molar-refractivity contribution is -0.139. The molecule has 0 aliphatic rings. The second kappa shape index (κ2) is 13.3. The summed E-state index contributed by atoms with van der Waals surface area (Å²) in [6.45, 7) is 4.83. The number of nitrogens with one attached hydrogen (secondary N) is 1. The van der Waals surface area contributed by atoms with Crippen molar-refractivity contribution in [1.29, 1.82) is 0 Å². The average Bonchev–Trinajstić information content (AvgIpc) is 2.79. The maximum atomic E-state index is 13.2. The second-order valence-corrected chi connectivity index (χ2v) is 8.56. The van der Waals surface area contributed by atoms with Gasteiger partial charge in [-0.3, -0.25) is 9.59 Å². The Labute approximate surface area is 194 Å². The van der Waals surface area contributed by atoms with Crippen LogP contribution in [0.2, 0.25) is 5.02 Å². The van der Waals surface area contributed by atoms with Crippen molar-refractivity contribution in [3.63, 3.8) is 0 Å². The van der Waals surface area contributed by atoms with Crippen LogP contribution >= 0.6 is 23.4 Å². The first kappa shape index (κ1) is 25.1. The maximum absolute atomic E-state index is 13.2. The zero-order valence-electron chi connectivity index (χ0n) is 18.4. The topological polar surface area (TPSA) is 58.6 Å². The van der Waals surface area contributed by atoms with E-state index in [1.807, 2.05) is 56.3 Å². The molecule has 0 spiro atoms. The quantitative estimate of drug-likeness (QED) is 0.486. The predicted octanol–water partition coefficient (Wildman–Crippen LogP) is 4.92. The maximum Gasteiger partial charge on any atom is 0.242 e. The van der Waals surface area contributed by atoms with Gasteiger partial charge in [0.15, 0.2) is 0 Å². The number of amides is 2. The van der Waals surface area contributed by atoms with E-state index < -0.39 is 6.04 Å². The van der Waals surface area contributed by atoms with Crippen molar-refractivity contribution in [1.82, 2.24) is 10.2 Å². The van der Waals surface area contributed by atoms with Gasteiger partial charge in [-0.1, -0.05) is 55.8 Å². The Bertz CT molecular complexity index is 845. The third-order valence-electron chi connectivity index (χ3n) is 4.89. The number of nitrogens with zero attached hydrogens (tertiary/aromatic N) is 1. The smallest absolute Gasteiger partial charge is 0.242 e. The number of ether oxygens (including phenoxy) is 1. The van der Waals surface area contributed by atoms with Crippen LogP contribution < -0.4 is 10.1 Å². The molecule has 7 heteroatoms. The predicted molar refractivity (Wildman–Crippen MR) is 129 cm³/mol. The monoisotopic (exact) mass is 462 g/mol. The van der Waals surface area contributed by atoms with E-state index in [1.165, 1.54) is 11.8 Å². The normalized spacial score (nSPS) is 11.6. The SMILES string of the molecule is CCCNC(=O)[C@H](CC)N(Cc1ccccc1Cl)C(=O)CSCc1ccc(OC)cc1. The molecule has 0 unspecified atom stereocenters. The number of halogens is 1. The van der Waals surface area contributed by atoms with Crippen LogP contribution in [0, 0.1) is 0 Å². The third kappa shape index (κ3) is 7.78.